The van der Waals surface area contributed by atoms with Gasteiger partial charge in [0.1, 0.15) is 4.21 Å². The van der Waals surface area contributed by atoms with Crippen LogP contribution in [0.3, 0.4) is 0 Å². The molecule has 1 aliphatic carbocycles. The monoisotopic (exact) mass is 483 g/mol. The second kappa shape index (κ2) is 8.07. The third-order valence-electron chi connectivity index (χ3n) is 5.81. The van der Waals surface area contributed by atoms with Gasteiger partial charge in [0.25, 0.3) is 0 Å². The molecule has 1 aromatic carbocycles. The quantitative estimate of drug-likeness (QED) is 0.723. The number of anilines is 1. The van der Waals surface area contributed by atoms with Crippen molar-refractivity contribution in [2.45, 2.75) is 36.4 Å². The van der Waals surface area contributed by atoms with Crippen LogP contribution in [0, 0.1) is 6.92 Å². The van der Waals surface area contributed by atoms with Crippen molar-refractivity contribution >= 4 is 43.0 Å². The fourth-order valence-corrected chi connectivity index (χ4v) is 7.50. The van der Waals surface area contributed by atoms with E-state index in [1.807, 2.05) is 0 Å². The zero-order valence-corrected chi connectivity index (χ0v) is 19.5. The van der Waals surface area contributed by atoms with Crippen LogP contribution in [0.4, 0.5) is 5.69 Å². The summed E-state index contributed by atoms with van der Waals surface area (Å²) in [6, 6.07) is 7.83. The molecule has 0 radical (unpaired) electrons. The summed E-state index contributed by atoms with van der Waals surface area (Å²) in [5.41, 5.74) is 5.34. The molecule has 2 heterocycles. The molecule has 0 amide bonds. The lowest BCUT2D eigenvalue weighted by atomic mass is 9.84. The Labute approximate surface area is 179 Å². The lowest BCUT2D eigenvalue weighted by molar-refractivity contribution is 0.312. The molecule has 152 valence electrons. The first kappa shape index (κ1) is 20.3. The number of piperazine rings is 1. The van der Waals surface area contributed by atoms with E-state index in [-0.39, 0.29) is 6.04 Å². The molecule has 1 saturated heterocycles. The molecular formula is C20H26BrN3O2S2. The molecule has 4 rings (SSSR count). The topological polar surface area (TPSA) is 52.6 Å². The summed E-state index contributed by atoms with van der Waals surface area (Å²) in [6.45, 7) is 6.33. The van der Waals surface area contributed by atoms with Crippen LogP contribution in [0.1, 0.15) is 23.1 Å². The third kappa shape index (κ3) is 4.16. The van der Waals surface area contributed by atoms with Gasteiger partial charge in [0.15, 0.2) is 0 Å². The minimum atomic E-state index is -3.48. The highest BCUT2D eigenvalue weighted by Gasteiger charge is 2.29. The maximum Gasteiger partial charge on any atom is 0.250 e. The van der Waals surface area contributed by atoms with Crippen molar-refractivity contribution in [2.75, 3.05) is 38.1 Å². The minimum Gasteiger partial charge on any atom is -0.369 e. The van der Waals surface area contributed by atoms with Gasteiger partial charge in [0, 0.05) is 37.9 Å². The van der Waals surface area contributed by atoms with Gasteiger partial charge in [0.2, 0.25) is 10.0 Å². The van der Waals surface area contributed by atoms with E-state index in [9.17, 15) is 8.42 Å². The van der Waals surface area contributed by atoms with Crippen molar-refractivity contribution in [3.63, 3.8) is 0 Å². The van der Waals surface area contributed by atoms with Crippen molar-refractivity contribution in [2.24, 2.45) is 0 Å². The molecule has 1 fully saturated rings. The Morgan fingerprint density at radius 1 is 1.11 bits per heavy atom. The number of rotatable bonds is 4. The summed E-state index contributed by atoms with van der Waals surface area (Å²) in [6.07, 6.45) is 2.51. The SMILES string of the molecule is Cc1ccc(N2CCN(C)CC2)c2c1CC[C@@H](NS(=O)(=O)c1ccc(Br)s1)C2. The number of thiophene rings is 1. The Morgan fingerprint density at radius 2 is 1.86 bits per heavy atom. The van der Waals surface area contributed by atoms with Crippen LogP contribution in [0.15, 0.2) is 32.3 Å². The molecule has 0 bridgehead atoms. The summed E-state index contributed by atoms with van der Waals surface area (Å²) < 4.78 is 29.7. The number of nitrogens with one attached hydrogen (secondary N) is 1. The molecule has 8 heteroatoms. The van der Waals surface area contributed by atoms with Crippen LogP contribution in [0.2, 0.25) is 0 Å². The fraction of sp³-hybridized carbons (Fsp3) is 0.500. The van der Waals surface area contributed by atoms with Gasteiger partial charge in [-0.15, -0.1) is 11.3 Å². The van der Waals surface area contributed by atoms with E-state index in [0.717, 1.165) is 49.2 Å². The number of benzene rings is 1. The maximum absolute atomic E-state index is 12.8. The Hall–Kier alpha value is -0.930. The van der Waals surface area contributed by atoms with Gasteiger partial charge < -0.3 is 9.80 Å². The number of aryl methyl sites for hydroxylation is 1. The van der Waals surface area contributed by atoms with E-state index >= 15 is 0 Å². The second-order valence-corrected chi connectivity index (χ2v) is 12.2. The predicted molar refractivity (Wildman–Crippen MR) is 119 cm³/mol. The van der Waals surface area contributed by atoms with Gasteiger partial charge >= 0.3 is 0 Å². The highest BCUT2D eigenvalue weighted by atomic mass is 79.9. The number of hydrogen-bond acceptors (Lipinski definition) is 5. The first-order valence-corrected chi connectivity index (χ1v) is 12.8. The van der Waals surface area contributed by atoms with Gasteiger partial charge in [-0.3, -0.25) is 0 Å². The third-order valence-corrected chi connectivity index (χ3v) is 9.45. The summed E-state index contributed by atoms with van der Waals surface area (Å²) in [5.74, 6) is 0. The predicted octanol–water partition coefficient (Wildman–Crippen LogP) is 3.41. The molecule has 1 aromatic heterocycles. The number of likely N-dealkylation sites (N-methyl/N-ethyl adjacent to an activating group) is 1. The Morgan fingerprint density at radius 3 is 2.54 bits per heavy atom. The summed E-state index contributed by atoms with van der Waals surface area (Å²) in [7, 11) is -1.32. The van der Waals surface area contributed by atoms with Gasteiger partial charge in [-0.2, -0.15) is 0 Å². The maximum atomic E-state index is 12.8. The number of halogens is 1. The molecule has 0 unspecified atom stereocenters. The zero-order chi connectivity index (χ0) is 19.9. The van der Waals surface area contributed by atoms with E-state index < -0.39 is 10.0 Å². The summed E-state index contributed by atoms with van der Waals surface area (Å²) in [4.78, 5) is 4.82. The number of sulfonamides is 1. The van der Waals surface area contributed by atoms with Crippen LogP contribution >= 0.6 is 27.3 Å². The van der Waals surface area contributed by atoms with Crippen LogP contribution in [-0.4, -0.2) is 52.6 Å². The van der Waals surface area contributed by atoms with E-state index in [1.165, 1.54) is 33.7 Å². The molecule has 2 aliphatic rings. The van der Waals surface area contributed by atoms with Gasteiger partial charge in [-0.25, -0.2) is 13.1 Å². The standard InChI is InChI=1S/C20H26BrN3O2S2/c1-14-3-6-18(24-11-9-23(2)10-12-24)17-13-15(4-5-16(14)17)22-28(25,26)20-8-7-19(21)27-20/h3,6-8,15,22H,4-5,9-13H2,1-2H3/t15-/m1/s1. The van der Waals surface area contributed by atoms with Crippen molar-refractivity contribution in [1.29, 1.82) is 0 Å². The first-order valence-electron chi connectivity index (χ1n) is 9.66. The van der Waals surface area contributed by atoms with Crippen molar-refractivity contribution in [3.8, 4) is 0 Å². The highest BCUT2D eigenvalue weighted by molar-refractivity contribution is 9.11. The van der Waals surface area contributed by atoms with E-state index in [4.69, 9.17) is 0 Å². The van der Waals surface area contributed by atoms with Gasteiger partial charge in [-0.05, 0) is 84.1 Å². The molecule has 5 nitrogen and oxygen atoms in total. The van der Waals surface area contributed by atoms with Crippen LogP contribution in [-0.2, 0) is 22.9 Å². The minimum absolute atomic E-state index is 0.0635. The number of hydrogen-bond donors (Lipinski definition) is 1. The van der Waals surface area contributed by atoms with E-state index in [2.05, 4.69) is 56.6 Å². The summed E-state index contributed by atoms with van der Waals surface area (Å²) in [5, 5.41) is 0. The zero-order valence-electron chi connectivity index (χ0n) is 16.2. The molecule has 1 aliphatic heterocycles. The van der Waals surface area contributed by atoms with E-state index in [0.29, 0.717) is 4.21 Å². The largest absolute Gasteiger partial charge is 0.369 e. The molecule has 1 N–H and O–H groups in total. The van der Waals surface area contributed by atoms with Crippen molar-refractivity contribution in [3.05, 3.63) is 44.7 Å². The Bertz CT molecular complexity index is 966. The molecular weight excluding hydrogens is 458 g/mol. The van der Waals surface area contributed by atoms with Crippen LogP contribution in [0.5, 0.6) is 0 Å². The smallest absolute Gasteiger partial charge is 0.250 e. The van der Waals surface area contributed by atoms with Crippen LogP contribution < -0.4 is 9.62 Å². The van der Waals surface area contributed by atoms with Gasteiger partial charge in [0.05, 0.1) is 3.79 Å². The normalized spacial score (nSPS) is 21.0. The second-order valence-electron chi connectivity index (χ2n) is 7.77. The molecule has 28 heavy (non-hydrogen) atoms. The lowest BCUT2D eigenvalue weighted by Gasteiger charge is -2.37. The molecule has 0 spiro atoms. The van der Waals surface area contributed by atoms with E-state index in [1.54, 1.807) is 12.1 Å². The highest BCUT2D eigenvalue weighted by Crippen LogP contribution is 2.34. The molecule has 1 atom stereocenters. The van der Waals surface area contributed by atoms with Crippen molar-refractivity contribution < 1.29 is 8.42 Å². The summed E-state index contributed by atoms with van der Waals surface area (Å²) >= 11 is 4.60. The van der Waals surface area contributed by atoms with Gasteiger partial charge in [-0.1, -0.05) is 6.07 Å². The average molecular weight is 484 g/mol. The Balaban J connectivity index is 1.58. The molecule has 2 aromatic rings. The average Bonchev–Trinajstić information content (AvgIpc) is 3.10. The van der Waals surface area contributed by atoms with Crippen molar-refractivity contribution in [1.82, 2.24) is 9.62 Å². The first-order chi connectivity index (χ1) is 13.3. The van der Waals surface area contributed by atoms with Crippen LogP contribution in [0.25, 0.3) is 0 Å². The fourth-order valence-electron chi connectivity index (χ4n) is 4.20. The molecule has 0 saturated carbocycles. The number of nitrogens with zero attached hydrogens (tertiary/aromatic N) is 2. The number of fused-ring (bicyclic) bond motifs is 1. The Kier molecular flexibility index (Phi) is 5.86. The lowest BCUT2D eigenvalue weighted by Crippen LogP contribution is -2.45.